The molecule has 0 spiro atoms. The van der Waals surface area contributed by atoms with Crippen LogP contribution < -0.4 is 5.32 Å². The van der Waals surface area contributed by atoms with Crippen LogP contribution in [0.5, 0.6) is 0 Å². The number of nitrogens with zero attached hydrogens (tertiary/aromatic N) is 1. The second-order valence-electron chi connectivity index (χ2n) is 5.08. The molecule has 126 valence electrons. The zero-order valence-electron chi connectivity index (χ0n) is 13.2. The van der Waals surface area contributed by atoms with Crippen molar-refractivity contribution in [2.75, 3.05) is 5.32 Å². The molecule has 1 heterocycles. The summed E-state index contributed by atoms with van der Waals surface area (Å²) < 4.78 is 5.12. The number of pyridine rings is 1. The van der Waals surface area contributed by atoms with Gasteiger partial charge in [0.2, 0.25) is 0 Å². The first-order chi connectivity index (χ1) is 11.4. The third-order valence-corrected chi connectivity index (χ3v) is 4.00. The van der Waals surface area contributed by atoms with Crippen LogP contribution in [0.1, 0.15) is 29.8 Å². The molecule has 0 radical (unpaired) electrons. The van der Waals surface area contributed by atoms with Gasteiger partial charge in [0.15, 0.2) is 6.10 Å². The van der Waals surface area contributed by atoms with Crippen LogP contribution in [0.2, 0.25) is 10.2 Å². The summed E-state index contributed by atoms with van der Waals surface area (Å²) >= 11 is 11.5. The smallest absolute Gasteiger partial charge is 0.340 e. The summed E-state index contributed by atoms with van der Waals surface area (Å²) in [5.74, 6) is -1.13. The molecule has 0 bridgehead atoms. The average Bonchev–Trinajstić information content (AvgIpc) is 2.57. The van der Waals surface area contributed by atoms with E-state index in [0.717, 1.165) is 6.42 Å². The van der Waals surface area contributed by atoms with Crippen molar-refractivity contribution in [1.29, 1.82) is 0 Å². The van der Waals surface area contributed by atoms with E-state index in [4.69, 9.17) is 27.9 Å². The summed E-state index contributed by atoms with van der Waals surface area (Å²) in [6.07, 6.45) is 1.18. The number of aryl methyl sites for hydroxylation is 1. The fourth-order valence-electron chi connectivity index (χ4n) is 1.88. The molecule has 1 unspecified atom stereocenters. The van der Waals surface area contributed by atoms with E-state index in [0.29, 0.717) is 5.69 Å². The fourth-order valence-corrected chi connectivity index (χ4v) is 2.15. The number of hydrogen-bond acceptors (Lipinski definition) is 4. The minimum Gasteiger partial charge on any atom is -0.449 e. The molecular formula is C17H16Cl2N2O3. The maximum Gasteiger partial charge on any atom is 0.340 e. The first kappa shape index (κ1) is 18.2. The quantitative estimate of drug-likeness (QED) is 0.637. The molecule has 1 atom stereocenters. The Morgan fingerprint density at radius 2 is 1.92 bits per heavy atom. The van der Waals surface area contributed by atoms with E-state index in [-0.39, 0.29) is 15.7 Å². The predicted octanol–water partition coefficient (Wildman–Crippen LogP) is 4.13. The predicted molar refractivity (Wildman–Crippen MR) is 93.6 cm³/mol. The van der Waals surface area contributed by atoms with E-state index < -0.39 is 18.0 Å². The van der Waals surface area contributed by atoms with Crippen molar-refractivity contribution < 1.29 is 14.3 Å². The van der Waals surface area contributed by atoms with Crippen molar-refractivity contribution >= 4 is 40.8 Å². The van der Waals surface area contributed by atoms with Crippen molar-refractivity contribution in [3.63, 3.8) is 0 Å². The van der Waals surface area contributed by atoms with E-state index in [1.54, 1.807) is 12.1 Å². The Balaban J connectivity index is 1.97. The molecule has 0 saturated heterocycles. The zero-order chi connectivity index (χ0) is 17.7. The van der Waals surface area contributed by atoms with E-state index in [1.807, 2.05) is 19.1 Å². The monoisotopic (exact) mass is 366 g/mol. The molecule has 1 amide bonds. The SMILES string of the molecule is CCc1ccc(NC(=O)C(C)OC(=O)c2cnc(Cl)c(Cl)c2)cc1. The molecule has 5 nitrogen and oxygen atoms in total. The second kappa shape index (κ2) is 8.13. The molecule has 2 aromatic rings. The molecule has 2 rings (SSSR count). The van der Waals surface area contributed by atoms with E-state index >= 15 is 0 Å². The molecule has 1 N–H and O–H groups in total. The van der Waals surface area contributed by atoms with E-state index in [9.17, 15) is 9.59 Å². The average molecular weight is 367 g/mol. The van der Waals surface area contributed by atoms with Crippen LogP contribution in [-0.4, -0.2) is 23.0 Å². The van der Waals surface area contributed by atoms with Crippen molar-refractivity contribution in [1.82, 2.24) is 4.98 Å². The lowest BCUT2D eigenvalue weighted by atomic mass is 10.1. The van der Waals surface area contributed by atoms with Crippen molar-refractivity contribution in [3.05, 3.63) is 57.8 Å². The van der Waals surface area contributed by atoms with Gasteiger partial charge in [-0.25, -0.2) is 9.78 Å². The molecule has 0 aliphatic carbocycles. The highest BCUT2D eigenvalue weighted by atomic mass is 35.5. The van der Waals surface area contributed by atoms with Crippen LogP contribution in [0.4, 0.5) is 5.69 Å². The van der Waals surface area contributed by atoms with Gasteiger partial charge in [-0.3, -0.25) is 4.79 Å². The summed E-state index contributed by atoms with van der Waals surface area (Å²) in [4.78, 5) is 27.9. The third kappa shape index (κ3) is 4.69. The molecule has 1 aromatic heterocycles. The van der Waals surface area contributed by atoms with Gasteiger partial charge >= 0.3 is 5.97 Å². The molecule has 7 heteroatoms. The van der Waals surface area contributed by atoms with Crippen molar-refractivity contribution in [3.8, 4) is 0 Å². The number of rotatable bonds is 5. The number of aromatic nitrogens is 1. The first-order valence-electron chi connectivity index (χ1n) is 7.32. The summed E-state index contributed by atoms with van der Waals surface area (Å²) in [5, 5.41) is 2.92. The van der Waals surface area contributed by atoms with Crippen LogP contribution in [0.15, 0.2) is 36.5 Å². The maximum absolute atomic E-state index is 12.1. The Hall–Kier alpha value is -2.11. The Morgan fingerprint density at radius 1 is 1.25 bits per heavy atom. The number of carbonyl (C=O) groups excluding carboxylic acids is 2. The Kier molecular flexibility index (Phi) is 6.17. The van der Waals surface area contributed by atoms with Gasteiger partial charge in [0, 0.05) is 11.9 Å². The van der Waals surface area contributed by atoms with Crippen molar-refractivity contribution in [2.24, 2.45) is 0 Å². The highest BCUT2D eigenvalue weighted by Crippen LogP contribution is 2.20. The molecule has 0 saturated carbocycles. The minimum atomic E-state index is -0.974. The van der Waals surface area contributed by atoms with E-state index in [1.165, 1.54) is 24.8 Å². The number of amides is 1. The van der Waals surface area contributed by atoms with E-state index in [2.05, 4.69) is 10.3 Å². The van der Waals surface area contributed by atoms with Gasteiger partial charge in [-0.15, -0.1) is 0 Å². The largest absolute Gasteiger partial charge is 0.449 e. The normalized spacial score (nSPS) is 11.7. The van der Waals surface area contributed by atoms with Gasteiger partial charge in [0.05, 0.1) is 10.6 Å². The van der Waals surface area contributed by atoms with Crippen molar-refractivity contribution in [2.45, 2.75) is 26.4 Å². The van der Waals surface area contributed by atoms with Gasteiger partial charge in [-0.2, -0.15) is 0 Å². The van der Waals surface area contributed by atoms with Crippen LogP contribution >= 0.6 is 23.2 Å². The molecule has 0 aliphatic rings. The highest BCUT2D eigenvalue weighted by molar-refractivity contribution is 6.41. The maximum atomic E-state index is 12.1. The summed E-state index contributed by atoms with van der Waals surface area (Å²) in [6, 6.07) is 8.79. The Bertz CT molecular complexity index is 748. The van der Waals surface area contributed by atoms with Gasteiger partial charge in [-0.1, -0.05) is 42.3 Å². The lowest BCUT2D eigenvalue weighted by Crippen LogP contribution is -2.30. The number of anilines is 1. The lowest BCUT2D eigenvalue weighted by Gasteiger charge is -2.14. The third-order valence-electron chi connectivity index (χ3n) is 3.31. The molecule has 24 heavy (non-hydrogen) atoms. The molecular weight excluding hydrogens is 351 g/mol. The van der Waals surface area contributed by atoms with Crippen LogP contribution in [0.25, 0.3) is 0 Å². The van der Waals surface area contributed by atoms with Crippen LogP contribution in [0.3, 0.4) is 0 Å². The zero-order valence-corrected chi connectivity index (χ0v) is 14.7. The van der Waals surface area contributed by atoms with Crippen LogP contribution in [0, 0.1) is 0 Å². The first-order valence-corrected chi connectivity index (χ1v) is 8.08. The minimum absolute atomic E-state index is 0.0922. The van der Waals surface area contributed by atoms with Gasteiger partial charge < -0.3 is 10.1 Å². The van der Waals surface area contributed by atoms with Crippen LogP contribution in [-0.2, 0) is 16.0 Å². The molecule has 1 aromatic carbocycles. The fraction of sp³-hybridized carbons (Fsp3) is 0.235. The lowest BCUT2D eigenvalue weighted by molar-refractivity contribution is -0.123. The highest BCUT2D eigenvalue weighted by Gasteiger charge is 2.20. The molecule has 0 fully saturated rings. The number of esters is 1. The molecule has 0 aliphatic heterocycles. The Labute approximate surface area is 149 Å². The topological polar surface area (TPSA) is 68.3 Å². The van der Waals surface area contributed by atoms with Gasteiger partial charge in [0.1, 0.15) is 5.15 Å². The summed E-state index contributed by atoms with van der Waals surface area (Å²) in [7, 11) is 0. The number of carbonyl (C=O) groups is 2. The standard InChI is InChI=1S/C17H16Cl2N2O3/c1-3-11-4-6-13(7-5-11)21-16(22)10(2)24-17(23)12-8-14(18)15(19)20-9-12/h4-10H,3H2,1-2H3,(H,21,22). The van der Waals surface area contributed by atoms with Gasteiger partial charge in [-0.05, 0) is 37.1 Å². The van der Waals surface area contributed by atoms with Gasteiger partial charge in [0.25, 0.3) is 5.91 Å². The summed E-state index contributed by atoms with van der Waals surface area (Å²) in [5.41, 5.74) is 1.92. The number of ether oxygens (including phenoxy) is 1. The number of nitrogens with one attached hydrogen (secondary N) is 1. The Morgan fingerprint density at radius 3 is 2.50 bits per heavy atom. The summed E-state index contributed by atoms with van der Waals surface area (Å²) in [6.45, 7) is 3.53. The number of halogens is 2. The number of hydrogen-bond donors (Lipinski definition) is 1. The second-order valence-corrected chi connectivity index (χ2v) is 5.85. The number of benzene rings is 1.